The molecule has 1 heterocycles. The van der Waals surface area contributed by atoms with E-state index in [0.717, 1.165) is 12.5 Å². The Morgan fingerprint density at radius 1 is 1.33 bits per heavy atom. The van der Waals surface area contributed by atoms with Gasteiger partial charge >= 0.3 is 0 Å². The van der Waals surface area contributed by atoms with Crippen molar-refractivity contribution in [2.45, 2.75) is 58.3 Å². The summed E-state index contributed by atoms with van der Waals surface area (Å²) < 4.78 is 0. The molecule has 0 saturated heterocycles. The summed E-state index contributed by atoms with van der Waals surface area (Å²) in [5.41, 5.74) is 1.27. The van der Waals surface area contributed by atoms with E-state index < -0.39 is 0 Å². The van der Waals surface area contributed by atoms with Crippen LogP contribution in [-0.2, 0) is 0 Å². The van der Waals surface area contributed by atoms with E-state index in [1.54, 1.807) is 0 Å². The van der Waals surface area contributed by atoms with Crippen molar-refractivity contribution in [2.24, 2.45) is 5.92 Å². The number of hydrogen-bond acceptors (Lipinski definition) is 3. The monoisotopic (exact) mass is 266 g/mol. The van der Waals surface area contributed by atoms with Crippen LogP contribution in [0.25, 0.3) is 0 Å². The van der Waals surface area contributed by atoms with E-state index in [2.05, 4.69) is 26.1 Å². The van der Waals surface area contributed by atoms with Crippen LogP contribution < -0.4 is 5.32 Å². The zero-order chi connectivity index (χ0) is 13.1. The third-order valence-corrected chi connectivity index (χ3v) is 5.57. The van der Waals surface area contributed by atoms with Crippen molar-refractivity contribution in [3.05, 3.63) is 15.6 Å². The Morgan fingerprint density at radius 3 is 2.56 bits per heavy atom. The first-order chi connectivity index (χ1) is 8.63. The van der Waals surface area contributed by atoms with Crippen LogP contribution >= 0.6 is 11.3 Å². The van der Waals surface area contributed by atoms with Gasteiger partial charge in [0.1, 0.15) is 0 Å². The first kappa shape index (κ1) is 14.0. The summed E-state index contributed by atoms with van der Waals surface area (Å²) in [7, 11) is 2.05. The number of likely N-dealkylation sites (N-methyl/N-ethyl adjacent to an activating group) is 1. The molecule has 1 aromatic rings. The Balaban J connectivity index is 2.21. The molecule has 102 valence electrons. The van der Waals surface area contributed by atoms with Crippen molar-refractivity contribution in [3.8, 4) is 0 Å². The highest BCUT2D eigenvalue weighted by Gasteiger charge is 2.25. The van der Waals surface area contributed by atoms with Crippen LogP contribution in [0.15, 0.2) is 0 Å². The predicted molar refractivity (Wildman–Crippen MR) is 79.6 cm³/mol. The third kappa shape index (κ3) is 2.94. The molecule has 1 N–H and O–H groups in total. The van der Waals surface area contributed by atoms with E-state index in [1.165, 1.54) is 41.3 Å². The third-order valence-electron chi connectivity index (χ3n) is 4.12. The van der Waals surface area contributed by atoms with Crippen LogP contribution in [0.4, 0.5) is 0 Å². The lowest BCUT2D eigenvalue weighted by Gasteiger charge is -2.19. The highest BCUT2D eigenvalue weighted by molar-refractivity contribution is 7.12. The fourth-order valence-electron chi connectivity index (χ4n) is 2.97. The van der Waals surface area contributed by atoms with Gasteiger partial charge in [-0.25, -0.2) is 4.98 Å². The molecule has 0 amide bonds. The molecule has 1 saturated carbocycles. The van der Waals surface area contributed by atoms with Crippen LogP contribution in [0, 0.1) is 12.8 Å². The molecule has 18 heavy (non-hydrogen) atoms. The second-order valence-electron chi connectivity index (χ2n) is 5.89. The molecule has 0 aromatic carbocycles. The van der Waals surface area contributed by atoms with Gasteiger partial charge in [0.25, 0.3) is 0 Å². The Labute approximate surface area is 115 Å². The first-order valence-electron chi connectivity index (χ1n) is 7.25. The topological polar surface area (TPSA) is 24.9 Å². The molecular weight excluding hydrogens is 240 g/mol. The second kappa shape index (κ2) is 6.16. The molecule has 1 aliphatic carbocycles. The SMILES string of the molecule is CNCC(c1sc(C2CCCC2)nc1C)C(C)C. The Kier molecular flexibility index (Phi) is 4.79. The minimum absolute atomic E-state index is 0.614. The zero-order valence-electron chi connectivity index (χ0n) is 12.1. The van der Waals surface area contributed by atoms with Crippen molar-refractivity contribution < 1.29 is 0 Å². The van der Waals surface area contributed by atoms with Gasteiger partial charge in [-0.15, -0.1) is 11.3 Å². The van der Waals surface area contributed by atoms with E-state index in [9.17, 15) is 0 Å². The van der Waals surface area contributed by atoms with Crippen LogP contribution in [0.5, 0.6) is 0 Å². The lowest BCUT2D eigenvalue weighted by atomic mass is 9.93. The number of thiazole rings is 1. The van der Waals surface area contributed by atoms with Crippen LogP contribution in [-0.4, -0.2) is 18.6 Å². The Bertz CT molecular complexity index is 378. The van der Waals surface area contributed by atoms with Gasteiger partial charge in [-0.05, 0) is 32.7 Å². The van der Waals surface area contributed by atoms with Gasteiger partial charge in [0.2, 0.25) is 0 Å². The summed E-state index contributed by atoms with van der Waals surface area (Å²) >= 11 is 1.98. The zero-order valence-corrected chi connectivity index (χ0v) is 12.9. The summed E-state index contributed by atoms with van der Waals surface area (Å²) in [5, 5.41) is 4.74. The minimum Gasteiger partial charge on any atom is -0.319 e. The van der Waals surface area contributed by atoms with Gasteiger partial charge in [0, 0.05) is 23.3 Å². The van der Waals surface area contributed by atoms with Crippen LogP contribution in [0.2, 0.25) is 0 Å². The van der Waals surface area contributed by atoms with Crippen molar-refractivity contribution in [2.75, 3.05) is 13.6 Å². The van der Waals surface area contributed by atoms with Crippen molar-refractivity contribution in [1.29, 1.82) is 0 Å². The van der Waals surface area contributed by atoms with E-state index >= 15 is 0 Å². The van der Waals surface area contributed by atoms with Crippen molar-refractivity contribution >= 4 is 11.3 Å². The smallest absolute Gasteiger partial charge is 0.0961 e. The largest absolute Gasteiger partial charge is 0.319 e. The molecule has 2 rings (SSSR count). The molecule has 1 unspecified atom stereocenters. The summed E-state index contributed by atoms with van der Waals surface area (Å²) in [5.74, 6) is 2.04. The Hall–Kier alpha value is -0.410. The van der Waals surface area contributed by atoms with Gasteiger partial charge in [-0.1, -0.05) is 26.7 Å². The van der Waals surface area contributed by atoms with Crippen LogP contribution in [0.1, 0.15) is 66.9 Å². The molecule has 0 bridgehead atoms. The minimum atomic E-state index is 0.614. The van der Waals surface area contributed by atoms with Crippen molar-refractivity contribution in [3.63, 3.8) is 0 Å². The summed E-state index contributed by atoms with van der Waals surface area (Å²) in [6.45, 7) is 7.88. The number of hydrogen-bond donors (Lipinski definition) is 1. The van der Waals surface area contributed by atoms with Gasteiger partial charge in [0.05, 0.1) is 10.7 Å². The number of nitrogens with one attached hydrogen (secondary N) is 1. The average Bonchev–Trinajstić information content (AvgIpc) is 2.94. The van der Waals surface area contributed by atoms with Gasteiger partial charge in [-0.3, -0.25) is 0 Å². The maximum absolute atomic E-state index is 4.87. The quantitative estimate of drug-likeness (QED) is 0.869. The van der Waals surface area contributed by atoms with E-state index in [0.29, 0.717) is 11.8 Å². The fourth-order valence-corrected chi connectivity index (χ4v) is 4.48. The molecule has 1 aliphatic rings. The van der Waals surface area contributed by atoms with Gasteiger partial charge < -0.3 is 5.32 Å². The lowest BCUT2D eigenvalue weighted by molar-refractivity contribution is 0.482. The molecular formula is C15H26N2S. The second-order valence-corrected chi connectivity index (χ2v) is 6.95. The molecule has 1 aromatic heterocycles. The fraction of sp³-hybridized carbons (Fsp3) is 0.800. The standard InChI is InChI=1S/C15H26N2S/c1-10(2)13(9-16-4)14-11(3)17-15(18-14)12-7-5-6-8-12/h10,12-13,16H,5-9H2,1-4H3. The summed E-state index contributed by atoms with van der Waals surface area (Å²) in [6, 6.07) is 0. The van der Waals surface area contributed by atoms with E-state index in [4.69, 9.17) is 4.98 Å². The highest BCUT2D eigenvalue weighted by atomic mass is 32.1. The molecule has 0 aliphatic heterocycles. The van der Waals surface area contributed by atoms with E-state index in [-0.39, 0.29) is 0 Å². The molecule has 1 atom stereocenters. The number of aromatic nitrogens is 1. The average molecular weight is 266 g/mol. The van der Waals surface area contributed by atoms with E-state index in [1.807, 2.05) is 18.4 Å². The maximum atomic E-state index is 4.87. The molecule has 2 nitrogen and oxygen atoms in total. The number of aryl methyl sites for hydroxylation is 1. The predicted octanol–water partition coefficient (Wildman–Crippen LogP) is 4.07. The lowest BCUT2D eigenvalue weighted by Crippen LogP contribution is -2.21. The number of nitrogens with zero attached hydrogens (tertiary/aromatic N) is 1. The summed E-state index contributed by atoms with van der Waals surface area (Å²) in [4.78, 5) is 6.38. The number of rotatable bonds is 5. The normalized spacial score (nSPS) is 18.7. The van der Waals surface area contributed by atoms with Gasteiger partial charge in [0.15, 0.2) is 0 Å². The summed E-state index contributed by atoms with van der Waals surface area (Å²) in [6.07, 6.45) is 5.49. The Morgan fingerprint density at radius 2 is 2.00 bits per heavy atom. The highest BCUT2D eigenvalue weighted by Crippen LogP contribution is 2.40. The molecule has 0 radical (unpaired) electrons. The maximum Gasteiger partial charge on any atom is 0.0961 e. The van der Waals surface area contributed by atoms with Gasteiger partial charge in [-0.2, -0.15) is 0 Å². The van der Waals surface area contributed by atoms with Crippen molar-refractivity contribution in [1.82, 2.24) is 10.3 Å². The molecule has 1 fully saturated rings. The van der Waals surface area contributed by atoms with Crippen LogP contribution in [0.3, 0.4) is 0 Å². The first-order valence-corrected chi connectivity index (χ1v) is 8.07. The molecule has 0 spiro atoms. The molecule has 3 heteroatoms.